The zero-order valence-corrected chi connectivity index (χ0v) is 20.6. The Kier molecular flexibility index (Phi) is 6.06. The van der Waals surface area contributed by atoms with Crippen LogP contribution in [0, 0.1) is 0 Å². The molecule has 0 saturated carbocycles. The molecule has 8 heteroatoms. The molecule has 0 unspecified atom stereocenters. The first kappa shape index (κ1) is 22.0. The second-order valence-corrected chi connectivity index (χ2v) is 10.6. The highest BCUT2D eigenvalue weighted by molar-refractivity contribution is 8.01. The van der Waals surface area contributed by atoms with Crippen LogP contribution in [0.25, 0.3) is 32.2 Å². The van der Waals surface area contributed by atoms with E-state index in [1.165, 1.54) is 11.8 Å². The molecule has 0 atom stereocenters. The summed E-state index contributed by atoms with van der Waals surface area (Å²) in [6.07, 6.45) is 0. The molecule has 0 spiro atoms. The van der Waals surface area contributed by atoms with Crippen LogP contribution in [0.2, 0.25) is 0 Å². The summed E-state index contributed by atoms with van der Waals surface area (Å²) in [5, 5.41) is 11.4. The Balaban J connectivity index is 1.14. The second-order valence-electron chi connectivity index (χ2n) is 8.39. The van der Waals surface area contributed by atoms with E-state index in [-0.39, 0.29) is 5.91 Å². The van der Waals surface area contributed by atoms with Gasteiger partial charge in [-0.3, -0.25) is 4.79 Å². The lowest BCUT2D eigenvalue weighted by Crippen LogP contribution is -2.49. The predicted octanol–water partition coefficient (Wildman–Crippen LogP) is 5.35. The molecule has 6 nitrogen and oxygen atoms in total. The molecule has 1 amide bonds. The summed E-state index contributed by atoms with van der Waals surface area (Å²) in [7, 11) is 0. The number of carbonyl (C=O) groups is 1. The fourth-order valence-electron chi connectivity index (χ4n) is 4.43. The van der Waals surface area contributed by atoms with Gasteiger partial charge in [-0.05, 0) is 12.1 Å². The van der Waals surface area contributed by atoms with E-state index in [1.807, 2.05) is 53.4 Å². The van der Waals surface area contributed by atoms with Gasteiger partial charge in [0.25, 0.3) is 0 Å². The van der Waals surface area contributed by atoms with E-state index in [1.54, 1.807) is 11.3 Å². The SMILES string of the molecule is O=C(CSc1nc2ccccc2s1)N1CCN(c2nnc(-c3ccccc3)c3ccccc23)CC1. The number of anilines is 1. The predicted molar refractivity (Wildman–Crippen MR) is 144 cm³/mol. The first-order valence-electron chi connectivity index (χ1n) is 11.6. The Labute approximate surface area is 211 Å². The molecule has 35 heavy (non-hydrogen) atoms. The smallest absolute Gasteiger partial charge is 0.233 e. The molecular formula is C27H23N5OS2. The number of benzene rings is 3. The number of thiazole rings is 1. The van der Waals surface area contributed by atoms with Crippen LogP contribution >= 0.6 is 23.1 Å². The summed E-state index contributed by atoms with van der Waals surface area (Å²) in [6, 6.07) is 26.6. The lowest BCUT2D eigenvalue weighted by molar-refractivity contribution is -0.128. The monoisotopic (exact) mass is 497 g/mol. The van der Waals surface area contributed by atoms with Gasteiger partial charge in [-0.2, -0.15) is 0 Å². The molecule has 1 aliphatic rings. The second kappa shape index (κ2) is 9.64. The lowest BCUT2D eigenvalue weighted by atomic mass is 10.0. The zero-order chi connectivity index (χ0) is 23.6. The molecule has 1 aliphatic heterocycles. The Bertz CT molecular complexity index is 1460. The molecule has 1 saturated heterocycles. The van der Waals surface area contributed by atoms with Crippen LogP contribution in [0.1, 0.15) is 0 Å². The van der Waals surface area contributed by atoms with Crippen LogP contribution in [0.5, 0.6) is 0 Å². The number of fused-ring (bicyclic) bond motifs is 2. The highest BCUT2D eigenvalue weighted by atomic mass is 32.2. The van der Waals surface area contributed by atoms with Crippen molar-refractivity contribution in [1.82, 2.24) is 20.1 Å². The molecule has 3 heterocycles. The van der Waals surface area contributed by atoms with Gasteiger partial charge in [-0.25, -0.2) is 4.98 Å². The van der Waals surface area contributed by atoms with Crippen molar-refractivity contribution in [2.75, 3.05) is 36.8 Å². The van der Waals surface area contributed by atoms with Gasteiger partial charge in [0.1, 0.15) is 5.69 Å². The van der Waals surface area contributed by atoms with Crippen LogP contribution < -0.4 is 4.90 Å². The highest BCUT2D eigenvalue weighted by Gasteiger charge is 2.24. The highest BCUT2D eigenvalue weighted by Crippen LogP contribution is 2.32. The molecule has 0 bridgehead atoms. The Hall–Kier alpha value is -3.49. The number of carbonyl (C=O) groups excluding carboxylic acids is 1. The van der Waals surface area contributed by atoms with E-state index in [9.17, 15) is 4.79 Å². The summed E-state index contributed by atoms with van der Waals surface area (Å²) in [5.41, 5.74) is 2.95. The number of amides is 1. The molecule has 3 aromatic carbocycles. The zero-order valence-electron chi connectivity index (χ0n) is 19.0. The third-order valence-electron chi connectivity index (χ3n) is 6.24. The molecule has 0 radical (unpaired) electrons. The van der Waals surface area contributed by atoms with Crippen molar-refractivity contribution in [1.29, 1.82) is 0 Å². The first-order chi connectivity index (χ1) is 17.3. The number of aromatic nitrogens is 3. The summed E-state index contributed by atoms with van der Waals surface area (Å²) in [5.74, 6) is 1.45. The van der Waals surface area contributed by atoms with Crippen molar-refractivity contribution in [3.63, 3.8) is 0 Å². The minimum absolute atomic E-state index is 0.157. The van der Waals surface area contributed by atoms with Crippen molar-refractivity contribution < 1.29 is 4.79 Å². The lowest BCUT2D eigenvalue weighted by Gasteiger charge is -2.35. The van der Waals surface area contributed by atoms with Gasteiger partial charge in [0, 0.05) is 42.5 Å². The van der Waals surface area contributed by atoms with Crippen LogP contribution in [-0.2, 0) is 4.79 Å². The third-order valence-corrected chi connectivity index (χ3v) is 8.40. The summed E-state index contributed by atoms with van der Waals surface area (Å²) >= 11 is 3.17. The Morgan fingerprint density at radius 1 is 0.829 bits per heavy atom. The third kappa shape index (κ3) is 4.47. The van der Waals surface area contributed by atoms with Gasteiger partial charge in [0.05, 0.1) is 16.0 Å². The Morgan fingerprint density at radius 2 is 1.54 bits per heavy atom. The van der Waals surface area contributed by atoms with Gasteiger partial charge in [-0.15, -0.1) is 21.5 Å². The molecule has 174 valence electrons. The molecule has 1 fully saturated rings. The fraction of sp³-hybridized carbons (Fsp3) is 0.185. The molecular weight excluding hydrogens is 474 g/mol. The summed E-state index contributed by atoms with van der Waals surface area (Å²) < 4.78 is 2.10. The number of thioether (sulfide) groups is 1. The number of nitrogens with zero attached hydrogens (tertiary/aromatic N) is 5. The van der Waals surface area contributed by atoms with Crippen LogP contribution in [-0.4, -0.2) is 57.9 Å². The maximum Gasteiger partial charge on any atom is 0.233 e. The van der Waals surface area contributed by atoms with Gasteiger partial charge in [0.15, 0.2) is 10.2 Å². The number of hydrogen-bond donors (Lipinski definition) is 0. The summed E-state index contributed by atoms with van der Waals surface area (Å²) in [6.45, 7) is 2.83. The molecule has 0 aliphatic carbocycles. The fourth-order valence-corrected chi connectivity index (χ4v) is 6.40. The van der Waals surface area contributed by atoms with Crippen molar-refractivity contribution in [3.8, 4) is 11.3 Å². The van der Waals surface area contributed by atoms with Crippen LogP contribution in [0.4, 0.5) is 5.82 Å². The number of para-hydroxylation sites is 1. The van der Waals surface area contributed by atoms with Gasteiger partial charge in [0.2, 0.25) is 5.91 Å². The average molecular weight is 498 g/mol. The number of hydrogen-bond acceptors (Lipinski definition) is 7. The van der Waals surface area contributed by atoms with Crippen molar-refractivity contribution in [3.05, 3.63) is 78.9 Å². The minimum Gasteiger partial charge on any atom is -0.351 e. The molecule has 6 rings (SSSR count). The quantitative estimate of drug-likeness (QED) is 0.305. The standard InChI is InChI=1S/C27H23N5OS2/c33-24(18-34-27-28-22-12-6-7-13-23(22)35-27)31-14-16-32(17-15-31)26-21-11-5-4-10-20(21)25(29-30-26)19-8-2-1-3-9-19/h1-13H,14-18H2. The maximum absolute atomic E-state index is 12.9. The van der Waals surface area contributed by atoms with E-state index < -0.39 is 0 Å². The van der Waals surface area contributed by atoms with Crippen LogP contribution in [0.15, 0.2) is 83.2 Å². The average Bonchev–Trinajstić information content (AvgIpc) is 3.35. The molecule has 0 N–H and O–H groups in total. The molecule has 2 aromatic heterocycles. The van der Waals surface area contributed by atoms with Gasteiger partial charge >= 0.3 is 0 Å². The minimum atomic E-state index is 0.157. The van der Waals surface area contributed by atoms with E-state index >= 15 is 0 Å². The van der Waals surface area contributed by atoms with Crippen molar-refractivity contribution in [2.24, 2.45) is 0 Å². The largest absolute Gasteiger partial charge is 0.351 e. The Morgan fingerprint density at radius 3 is 2.34 bits per heavy atom. The van der Waals surface area contributed by atoms with E-state index in [4.69, 9.17) is 0 Å². The topological polar surface area (TPSA) is 62.2 Å². The van der Waals surface area contributed by atoms with Gasteiger partial charge < -0.3 is 9.80 Å². The van der Waals surface area contributed by atoms with Gasteiger partial charge in [-0.1, -0.05) is 78.5 Å². The normalized spacial score (nSPS) is 14.1. The number of piperazine rings is 1. The van der Waals surface area contributed by atoms with Crippen LogP contribution in [0.3, 0.4) is 0 Å². The molecule has 5 aromatic rings. The maximum atomic E-state index is 12.9. The van der Waals surface area contributed by atoms with Crippen molar-refractivity contribution >= 4 is 55.8 Å². The van der Waals surface area contributed by atoms with Crippen molar-refractivity contribution in [2.45, 2.75) is 4.34 Å². The number of rotatable bonds is 5. The summed E-state index contributed by atoms with van der Waals surface area (Å²) in [4.78, 5) is 21.7. The van der Waals surface area contributed by atoms with E-state index in [2.05, 4.69) is 50.4 Å². The van der Waals surface area contributed by atoms with E-state index in [0.29, 0.717) is 18.8 Å². The van der Waals surface area contributed by atoms with E-state index in [0.717, 1.165) is 55.5 Å². The first-order valence-corrected chi connectivity index (χ1v) is 13.4.